The zero-order valence-electron chi connectivity index (χ0n) is 37.2. The van der Waals surface area contributed by atoms with E-state index in [2.05, 4.69) is 142 Å². The number of carbonyl (C=O) groups is 2. The fourth-order valence-corrected chi connectivity index (χ4v) is 11.1. The Labute approximate surface area is 386 Å². The molecule has 0 amide bonds. The monoisotopic (exact) mass is 878 g/mol. The van der Waals surface area contributed by atoms with Crippen LogP contribution in [0.25, 0.3) is 48.5 Å². The van der Waals surface area contributed by atoms with Crippen LogP contribution in [-0.2, 0) is 17.6 Å². The predicted molar refractivity (Wildman–Crippen MR) is 268 cm³/mol. The van der Waals surface area contributed by atoms with Crippen molar-refractivity contribution in [2.75, 3.05) is 4.90 Å². The number of carboxylic acids is 1. The second-order valence-corrected chi connectivity index (χ2v) is 19.1. The Kier molecular flexibility index (Phi) is 13.9. The number of hydrogen-bond acceptors (Lipinski definition) is 6. The van der Waals surface area contributed by atoms with Crippen LogP contribution < -0.4 is 4.90 Å². The van der Waals surface area contributed by atoms with Gasteiger partial charge in [0.1, 0.15) is 11.6 Å². The summed E-state index contributed by atoms with van der Waals surface area (Å²) in [6.07, 6.45) is 12.4. The van der Waals surface area contributed by atoms with Gasteiger partial charge in [-0.05, 0) is 145 Å². The minimum absolute atomic E-state index is 0.0198. The fourth-order valence-electron chi connectivity index (χ4n) is 8.69. The standard InChI is InChI=1S/C57H54N2O3S2/c1-5-7-9-11-13-41-31-48(32-44(36-58)57(61)62)63-56(41)43-22-30-50-49-29-21-40(33-51(49)54(60)52(50)34-43)53-35-42(14-12-10-8-6-2)55(64-53)39-19-27-47(28-20-39)59(45-23-15-37(3)16-24-45)46-25-17-38(4)18-26-46/h15-35H,5-14H2,1-4H3,(H,61,62)/b44-32-. The molecule has 7 aromatic rings. The minimum Gasteiger partial charge on any atom is -0.477 e. The van der Waals surface area contributed by atoms with Gasteiger partial charge in [0.25, 0.3) is 0 Å². The van der Waals surface area contributed by atoms with Crippen molar-refractivity contribution in [3.05, 3.63) is 165 Å². The maximum atomic E-state index is 14.4. The van der Waals surface area contributed by atoms with E-state index >= 15 is 0 Å². The highest BCUT2D eigenvalue weighted by molar-refractivity contribution is 7.19. The van der Waals surface area contributed by atoms with Crippen molar-refractivity contribution in [2.45, 2.75) is 91.9 Å². The third-order valence-corrected chi connectivity index (χ3v) is 14.7. The van der Waals surface area contributed by atoms with Gasteiger partial charge in [-0.1, -0.05) is 124 Å². The largest absolute Gasteiger partial charge is 0.477 e. The summed E-state index contributed by atoms with van der Waals surface area (Å²) < 4.78 is 0. The Morgan fingerprint density at radius 3 is 1.61 bits per heavy atom. The third kappa shape index (κ3) is 9.60. The molecular formula is C57H54N2O3S2. The van der Waals surface area contributed by atoms with E-state index in [1.807, 2.05) is 18.2 Å². The second-order valence-electron chi connectivity index (χ2n) is 17.0. The van der Waals surface area contributed by atoms with Crippen LogP contribution in [0, 0.1) is 25.2 Å². The Morgan fingerprint density at radius 1 is 0.594 bits per heavy atom. The van der Waals surface area contributed by atoms with Crippen molar-refractivity contribution in [2.24, 2.45) is 0 Å². The van der Waals surface area contributed by atoms with Gasteiger partial charge in [-0.25, -0.2) is 4.79 Å². The first kappa shape index (κ1) is 44.3. The maximum Gasteiger partial charge on any atom is 0.346 e. The summed E-state index contributed by atoms with van der Waals surface area (Å²) in [4.78, 5) is 32.5. The summed E-state index contributed by atoms with van der Waals surface area (Å²) in [5, 5.41) is 19.0. The number of carbonyl (C=O) groups excluding carboxylic acids is 1. The molecule has 5 nitrogen and oxygen atoms in total. The van der Waals surface area contributed by atoms with Gasteiger partial charge in [0.2, 0.25) is 0 Å². The second kappa shape index (κ2) is 20.0. The number of aliphatic carboxylic acids is 1. The fraction of sp³-hybridized carbons (Fsp3) is 0.246. The molecule has 0 atom stereocenters. The molecule has 0 unspecified atom stereocenters. The molecule has 0 aliphatic heterocycles. The summed E-state index contributed by atoms with van der Waals surface area (Å²) >= 11 is 3.28. The van der Waals surface area contributed by atoms with Crippen molar-refractivity contribution in [3.63, 3.8) is 0 Å². The topological polar surface area (TPSA) is 81.4 Å². The molecule has 0 fully saturated rings. The molecule has 8 rings (SSSR count). The molecule has 5 aromatic carbocycles. The van der Waals surface area contributed by atoms with Gasteiger partial charge in [-0.3, -0.25) is 4.79 Å². The number of benzene rings is 5. The summed E-state index contributed by atoms with van der Waals surface area (Å²) in [6.45, 7) is 8.68. The van der Waals surface area contributed by atoms with Gasteiger partial charge in [-0.15, -0.1) is 22.7 Å². The molecule has 0 radical (unpaired) electrons. The number of aryl methyl sites for hydroxylation is 4. The molecule has 1 N–H and O–H groups in total. The van der Waals surface area contributed by atoms with Gasteiger partial charge in [-0.2, -0.15) is 5.26 Å². The normalized spacial score (nSPS) is 12.0. The van der Waals surface area contributed by atoms with Gasteiger partial charge in [0, 0.05) is 47.7 Å². The highest BCUT2D eigenvalue weighted by Crippen LogP contribution is 2.46. The summed E-state index contributed by atoms with van der Waals surface area (Å²) in [5.74, 6) is -1.22. The molecule has 1 aliphatic carbocycles. The van der Waals surface area contributed by atoms with Crippen molar-refractivity contribution in [1.82, 2.24) is 0 Å². The SMILES string of the molecule is CCCCCCc1cc(/C=C(/C#N)C(=O)O)sc1-c1ccc2c(c1)C(=O)c1cc(-c3cc(CCCCCC)c(-c4ccc(N(c5ccc(C)cc5)c5ccc(C)cc5)cc4)s3)ccc1-2. The van der Waals surface area contributed by atoms with Crippen LogP contribution >= 0.6 is 22.7 Å². The van der Waals surface area contributed by atoms with E-state index < -0.39 is 5.97 Å². The lowest BCUT2D eigenvalue weighted by Gasteiger charge is -2.26. The average molecular weight is 879 g/mol. The Morgan fingerprint density at radius 2 is 1.08 bits per heavy atom. The van der Waals surface area contributed by atoms with Crippen molar-refractivity contribution < 1.29 is 14.7 Å². The lowest BCUT2D eigenvalue weighted by atomic mass is 9.99. The molecule has 0 saturated heterocycles. The number of thiophene rings is 2. The van der Waals surface area contributed by atoms with E-state index in [-0.39, 0.29) is 11.4 Å². The average Bonchev–Trinajstić information content (AvgIpc) is 4.01. The van der Waals surface area contributed by atoms with Crippen LogP contribution in [0.5, 0.6) is 0 Å². The van der Waals surface area contributed by atoms with E-state index in [9.17, 15) is 20.0 Å². The molecule has 2 heterocycles. The summed E-state index contributed by atoms with van der Waals surface area (Å²) in [7, 11) is 0. The van der Waals surface area contributed by atoms with Crippen molar-refractivity contribution in [3.8, 4) is 48.5 Å². The zero-order chi connectivity index (χ0) is 44.7. The number of unbranched alkanes of at least 4 members (excludes halogenated alkanes) is 6. The molecule has 322 valence electrons. The van der Waals surface area contributed by atoms with Gasteiger partial charge < -0.3 is 10.0 Å². The third-order valence-electron chi connectivity index (χ3n) is 12.2. The maximum absolute atomic E-state index is 14.4. The number of fused-ring (bicyclic) bond motifs is 3. The number of anilines is 3. The lowest BCUT2D eigenvalue weighted by molar-refractivity contribution is -0.132. The first-order chi connectivity index (χ1) is 31.1. The molecule has 64 heavy (non-hydrogen) atoms. The number of rotatable bonds is 18. The predicted octanol–water partition coefficient (Wildman–Crippen LogP) is 16.3. The molecule has 0 spiro atoms. The molecular weight excluding hydrogens is 825 g/mol. The van der Waals surface area contributed by atoms with Crippen LogP contribution in [0.2, 0.25) is 0 Å². The van der Waals surface area contributed by atoms with Crippen LogP contribution in [0.1, 0.15) is 108 Å². The zero-order valence-corrected chi connectivity index (χ0v) is 38.8. The molecule has 2 aromatic heterocycles. The van der Waals surface area contributed by atoms with Crippen LogP contribution in [-0.4, -0.2) is 16.9 Å². The van der Waals surface area contributed by atoms with Crippen LogP contribution in [0.15, 0.2) is 127 Å². The van der Waals surface area contributed by atoms with E-state index in [1.165, 1.54) is 63.8 Å². The highest BCUT2D eigenvalue weighted by atomic mass is 32.1. The Hall–Kier alpha value is -6.33. The number of carboxylic acid groups (broad SMARTS) is 1. The van der Waals surface area contributed by atoms with Crippen LogP contribution in [0.3, 0.4) is 0 Å². The van der Waals surface area contributed by atoms with Crippen molar-refractivity contribution >= 4 is 57.6 Å². The minimum atomic E-state index is -1.24. The number of nitriles is 1. The highest BCUT2D eigenvalue weighted by Gasteiger charge is 2.29. The Bertz CT molecular complexity index is 2830. The first-order valence-corrected chi connectivity index (χ1v) is 24.3. The van der Waals surface area contributed by atoms with Crippen molar-refractivity contribution in [1.29, 1.82) is 5.26 Å². The first-order valence-electron chi connectivity index (χ1n) is 22.6. The molecule has 1 aliphatic rings. The van der Waals surface area contributed by atoms with Crippen LogP contribution in [0.4, 0.5) is 17.1 Å². The Balaban J connectivity index is 1.10. The van der Waals surface area contributed by atoms with E-state index in [0.717, 1.165) is 110 Å². The van der Waals surface area contributed by atoms with Gasteiger partial charge >= 0.3 is 5.97 Å². The lowest BCUT2D eigenvalue weighted by Crippen LogP contribution is -2.09. The quantitative estimate of drug-likeness (QED) is 0.0527. The van der Waals surface area contributed by atoms with E-state index in [1.54, 1.807) is 11.3 Å². The smallest absolute Gasteiger partial charge is 0.346 e. The van der Waals surface area contributed by atoms with Gasteiger partial charge in [0.05, 0.1) is 0 Å². The number of nitrogens with zero attached hydrogens (tertiary/aromatic N) is 2. The van der Waals surface area contributed by atoms with E-state index in [0.29, 0.717) is 5.56 Å². The van der Waals surface area contributed by atoms with E-state index in [4.69, 9.17) is 0 Å². The number of ketones is 1. The number of hydrogen-bond donors (Lipinski definition) is 1. The molecule has 0 saturated carbocycles. The van der Waals surface area contributed by atoms with Gasteiger partial charge in [0.15, 0.2) is 5.78 Å². The summed E-state index contributed by atoms with van der Waals surface area (Å²) in [5.41, 5.74) is 14.4. The molecule has 7 heteroatoms. The molecule has 0 bridgehead atoms. The summed E-state index contributed by atoms with van der Waals surface area (Å²) in [6, 6.07) is 45.0.